The second-order valence-electron chi connectivity index (χ2n) is 6.04. The number of rotatable bonds is 5. The van der Waals surface area contributed by atoms with Crippen LogP contribution in [0, 0.1) is 5.92 Å². The van der Waals surface area contributed by atoms with Crippen LogP contribution in [0.25, 0.3) is 0 Å². The molecule has 140 valence electrons. The van der Waals surface area contributed by atoms with Crippen LogP contribution in [0.3, 0.4) is 0 Å². The molecule has 8 heteroatoms. The SMILES string of the molecule is O=C(COC(=O)[C@H]1CC(=O)N(c2ccc(Br)cc2)C1)Nc1ccc(Br)cc1. The number of hydrogen-bond donors (Lipinski definition) is 1. The molecule has 0 aromatic heterocycles. The molecule has 1 saturated heterocycles. The lowest BCUT2D eigenvalue weighted by Gasteiger charge is -2.16. The minimum absolute atomic E-state index is 0.0726. The quantitative estimate of drug-likeness (QED) is 0.641. The van der Waals surface area contributed by atoms with Crippen LogP contribution in [0.1, 0.15) is 6.42 Å². The van der Waals surface area contributed by atoms with Gasteiger partial charge in [0, 0.05) is 33.3 Å². The van der Waals surface area contributed by atoms with Gasteiger partial charge in [-0.3, -0.25) is 14.4 Å². The summed E-state index contributed by atoms with van der Waals surface area (Å²) in [6.45, 7) is -0.147. The lowest BCUT2D eigenvalue weighted by atomic mass is 10.1. The van der Waals surface area contributed by atoms with Crippen molar-refractivity contribution in [2.24, 2.45) is 5.92 Å². The van der Waals surface area contributed by atoms with Crippen molar-refractivity contribution in [2.75, 3.05) is 23.4 Å². The molecule has 1 N–H and O–H groups in total. The molecule has 2 aromatic rings. The number of nitrogens with one attached hydrogen (secondary N) is 1. The molecular formula is C19H16Br2N2O4. The number of ether oxygens (including phenoxy) is 1. The number of anilines is 2. The van der Waals surface area contributed by atoms with Gasteiger partial charge in [0.2, 0.25) is 5.91 Å². The highest BCUT2D eigenvalue weighted by Crippen LogP contribution is 2.27. The van der Waals surface area contributed by atoms with Gasteiger partial charge in [0.05, 0.1) is 5.92 Å². The zero-order chi connectivity index (χ0) is 19.4. The molecule has 1 fully saturated rings. The molecule has 2 amide bonds. The smallest absolute Gasteiger partial charge is 0.311 e. The summed E-state index contributed by atoms with van der Waals surface area (Å²) in [5, 5.41) is 2.64. The average molecular weight is 496 g/mol. The molecule has 1 heterocycles. The van der Waals surface area contributed by atoms with Crippen LogP contribution >= 0.6 is 31.9 Å². The Morgan fingerprint density at radius 1 is 1.04 bits per heavy atom. The highest BCUT2D eigenvalue weighted by atomic mass is 79.9. The molecule has 0 unspecified atom stereocenters. The van der Waals surface area contributed by atoms with Gasteiger partial charge in [-0.15, -0.1) is 0 Å². The fourth-order valence-corrected chi connectivity index (χ4v) is 3.25. The van der Waals surface area contributed by atoms with Gasteiger partial charge in [0.15, 0.2) is 6.61 Å². The van der Waals surface area contributed by atoms with E-state index in [1.165, 1.54) is 0 Å². The fourth-order valence-electron chi connectivity index (χ4n) is 2.72. The van der Waals surface area contributed by atoms with Gasteiger partial charge in [-0.25, -0.2) is 0 Å². The Morgan fingerprint density at radius 3 is 2.26 bits per heavy atom. The molecule has 0 aliphatic carbocycles. The van der Waals surface area contributed by atoms with E-state index in [2.05, 4.69) is 37.2 Å². The van der Waals surface area contributed by atoms with Crippen LogP contribution in [0.5, 0.6) is 0 Å². The molecule has 1 aliphatic heterocycles. The zero-order valence-corrected chi connectivity index (χ0v) is 17.3. The van der Waals surface area contributed by atoms with Crippen LogP contribution in [0.15, 0.2) is 57.5 Å². The standard InChI is InChI=1S/C19H16Br2N2O4/c20-13-1-5-15(6-2-13)22-17(24)11-27-19(26)12-9-18(25)23(10-12)16-7-3-14(21)4-8-16/h1-8,12H,9-11H2,(H,22,24)/t12-/m0/s1. The van der Waals surface area contributed by atoms with E-state index >= 15 is 0 Å². The second kappa shape index (κ2) is 8.67. The third-order valence-electron chi connectivity index (χ3n) is 4.07. The van der Waals surface area contributed by atoms with Gasteiger partial charge < -0.3 is 15.0 Å². The molecule has 1 atom stereocenters. The Labute approximate surface area is 173 Å². The number of amides is 2. The van der Waals surface area contributed by atoms with Crippen LogP contribution in [-0.2, 0) is 19.1 Å². The molecule has 0 bridgehead atoms. The normalized spacial score (nSPS) is 16.3. The Balaban J connectivity index is 1.51. The van der Waals surface area contributed by atoms with Crippen molar-refractivity contribution < 1.29 is 19.1 Å². The maximum absolute atomic E-state index is 12.2. The van der Waals surface area contributed by atoms with Crippen molar-refractivity contribution in [2.45, 2.75) is 6.42 Å². The van der Waals surface area contributed by atoms with Crippen LogP contribution < -0.4 is 10.2 Å². The van der Waals surface area contributed by atoms with E-state index in [9.17, 15) is 14.4 Å². The van der Waals surface area contributed by atoms with E-state index in [-0.39, 0.29) is 18.9 Å². The summed E-state index contributed by atoms with van der Waals surface area (Å²) in [6, 6.07) is 14.3. The first kappa shape index (κ1) is 19.6. The van der Waals surface area contributed by atoms with Gasteiger partial charge in [0.25, 0.3) is 5.91 Å². The first-order valence-electron chi connectivity index (χ1n) is 8.20. The molecule has 2 aromatic carbocycles. The number of carbonyl (C=O) groups is 3. The Hall–Kier alpha value is -2.19. The number of carbonyl (C=O) groups excluding carboxylic acids is 3. The molecule has 0 spiro atoms. The summed E-state index contributed by atoms with van der Waals surface area (Å²) in [5.41, 5.74) is 1.34. The van der Waals surface area contributed by atoms with Gasteiger partial charge in [-0.2, -0.15) is 0 Å². The largest absolute Gasteiger partial charge is 0.455 e. The molecule has 27 heavy (non-hydrogen) atoms. The highest BCUT2D eigenvalue weighted by molar-refractivity contribution is 9.10. The predicted molar refractivity (Wildman–Crippen MR) is 108 cm³/mol. The lowest BCUT2D eigenvalue weighted by molar-refractivity contribution is -0.151. The van der Waals surface area contributed by atoms with E-state index in [4.69, 9.17) is 4.74 Å². The summed E-state index contributed by atoms with van der Waals surface area (Å²) in [7, 11) is 0. The Kier molecular flexibility index (Phi) is 6.28. The van der Waals surface area contributed by atoms with Gasteiger partial charge in [-0.1, -0.05) is 31.9 Å². The van der Waals surface area contributed by atoms with E-state index in [1.807, 2.05) is 12.1 Å². The van der Waals surface area contributed by atoms with Crippen molar-refractivity contribution in [3.05, 3.63) is 57.5 Å². The fraction of sp³-hybridized carbons (Fsp3) is 0.211. The molecular weight excluding hydrogens is 480 g/mol. The number of halogens is 2. The monoisotopic (exact) mass is 494 g/mol. The predicted octanol–water partition coefficient (Wildman–Crippen LogP) is 3.75. The first-order valence-corrected chi connectivity index (χ1v) is 9.79. The van der Waals surface area contributed by atoms with E-state index in [1.54, 1.807) is 41.3 Å². The van der Waals surface area contributed by atoms with E-state index in [0.29, 0.717) is 5.69 Å². The maximum Gasteiger partial charge on any atom is 0.311 e. The molecule has 6 nitrogen and oxygen atoms in total. The van der Waals surface area contributed by atoms with Crippen LogP contribution in [0.4, 0.5) is 11.4 Å². The van der Waals surface area contributed by atoms with Crippen LogP contribution in [0.2, 0.25) is 0 Å². The van der Waals surface area contributed by atoms with Crippen molar-refractivity contribution in [3.63, 3.8) is 0 Å². The average Bonchev–Trinajstić information content (AvgIpc) is 3.04. The third kappa shape index (κ3) is 5.17. The number of nitrogens with zero attached hydrogens (tertiary/aromatic N) is 1. The van der Waals surface area contributed by atoms with Crippen molar-refractivity contribution >= 4 is 61.0 Å². The number of benzene rings is 2. The number of esters is 1. The summed E-state index contributed by atoms with van der Waals surface area (Å²) in [6.07, 6.45) is 0.0726. The zero-order valence-electron chi connectivity index (χ0n) is 14.2. The van der Waals surface area contributed by atoms with E-state index < -0.39 is 24.4 Å². The van der Waals surface area contributed by atoms with Gasteiger partial charge in [-0.05, 0) is 48.5 Å². The summed E-state index contributed by atoms with van der Waals surface area (Å²) >= 11 is 6.66. The van der Waals surface area contributed by atoms with Crippen LogP contribution in [-0.4, -0.2) is 30.9 Å². The maximum atomic E-state index is 12.2. The second-order valence-corrected chi connectivity index (χ2v) is 7.88. The minimum Gasteiger partial charge on any atom is -0.455 e. The molecule has 0 radical (unpaired) electrons. The van der Waals surface area contributed by atoms with Crippen molar-refractivity contribution in [1.29, 1.82) is 0 Å². The summed E-state index contributed by atoms with van der Waals surface area (Å²) in [5.74, 6) is -1.70. The Morgan fingerprint density at radius 2 is 1.63 bits per heavy atom. The third-order valence-corrected chi connectivity index (χ3v) is 5.13. The van der Waals surface area contributed by atoms with Gasteiger partial charge in [0.1, 0.15) is 0 Å². The number of hydrogen-bond acceptors (Lipinski definition) is 4. The molecule has 3 rings (SSSR count). The first-order chi connectivity index (χ1) is 12.9. The Bertz CT molecular complexity index is 853. The minimum atomic E-state index is -0.582. The van der Waals surface area contributed by atoms with Crippen molar-refractivity contribution in [3.8, 4) is 0 Å². The summed E-state index contributed by atoms with van der Waals surface area (Å²) < 4.78 is 6.89. The topological polar surface area (TPSA) is 75.7 Å². The van der Waals surface area contributed by atoms with Gasteiger partial charge >= 0.3 is 5.97 Å². The van der Waals surface area contributed by atoms with E-state index in [0.717, 1.165) is 14.6 Å². The molecule has 0 saturated carbocycles. The lowest BCUT2D eigenvalue weighted by Crippen LogP contribution is -2.28. The summed E-state index contributed by atoms with van der Waals surface area (Å²) in [4.78, 5) is 37.9. The highest BCUT2D eigenvalue weighted by Gasteiger charge is 2.36. The van der Waals surface area contributed by atoms with Crippen molar-refractivity contribution in [1.82, 2.24) is 0 Å². The molecule has 1 aliphatic rings.